The molecule has 0 spiro atoms. The summed E-state index contributed by atoms with van der Waals surface area (Å²) in [7, 11) is 0. The molecule has 0 aliphatic rings. The van der Waals surface area contributed by atoms with E-state index in [1.165, 1.54) is 6.20 Å². The van der Waals surface area contributed by atoms with Crippen LogP contribution in [0.5, 0.6) is 5.75 Å². The first-order chi connectivity index (χ1) is 20.2. The molecule has 0 bridgehead atoms. The predicted octanol–water partition coefficient (Wildman–Crippen LogP) is -0.231. The average molecular weight is 574 g/mol. The molecule has 16 heteroatoms. The molecule has 0 saturated heterocycles. The molecular weight excluding hydrogens is 542 g/mol. The molecule has 0 saturated carbocycles. The highest BCUT2D eigenvalue weighted by Crippen LogP contribution is 2.17. The minimum absolute atomic E-state index is 0.0232. The summed E-state index contributed by atoms with van der Waals surface area (Å²) in [4.78, 5) is 41.6. The number of hydrogen-bond donors (Lipinski definition) is 8. The number of nitrogens with zero attached hydrogens (tertiary/aromatic N) is 5. The van der Waals surface area contributed by atoms with Crippen molar-refractivity contribution in [2.24, 2.45) is 16.7 Å². The van der Waals surface area contributed by atoms with Crippen LogP contribution >= 0.6 is 0 Å². The van der Waals surface area contributed by atoms with Gasteiger partial charge in [0, 0.05) is 29.9 Å². The highest BCUT2D eigenvalue weighted by atomic mass is 16.5. The van der Waals surface area contributed by atoms with Crippen LogP contribution in [0.3, 0.4) is 0 Å². The van der Waals surface area contributed by atoms with Gasteiger partial charge >= 0.3 is 0 Å². The Morgan fingerprint density at radius 1 is 0.881 bits per heavy atom. The number of amides is 2. The van der Waals surface area contributed by atoms with Crippen LogP contribution in [0.2, 0.25) is 0 Å². The number of hydrogen-bond acceptors (Lipinski definition) is 13. The monoisotopic (exact) mass is 573 g/mol. The Bertz CT molecular complexity index is 1610. The number of nitrogens with one attached hydrogen (secondary N) is 3. The van der Waals surface area contributed by atoms with Crippen LogP contribution in [0.25, 0.3) is 11.2 Å². The minimum atomic E-state index is -0.331. The molecule has 2 aromatic heterocycles. The van der Waals surface area contributed by atoms with E-state index in [9.17, 15) is 9.59 Å². The fourth-order valence-corrected chi connectivity index (χ4v) is 3.86. The minimum Gasteiger partial charge on any atom is -0.487 e. The van der Waals surface area contributed by atoms with Gasteiger partial charge in [-0.3, -0.25) is 9.59 Å². The van der Waals surface area contributed by atoms with Crippen molar-refractivity contribution in [1.82, 2.24) is 36.1 Å². The summed E-state index contributed by atoms with van der Waals surface area (Å²) in [6.07, 6.45) is 2.81. The number of hydrazine groups is 1. The number of fused-ring (bicyclic) bond motifs is 1. The quantitative estimate of drug-likeness (QED) is 0.0272. The molecule has 4 aromatic rings. The highest BCUT2D eigenvalue weighted by molar-refractivity contribution is 6.09. The van der Waals surface area contributed by atoms with Gasteiger partial charge in [0.25, 0.3) is 11.8 Å². The Kier molecular flexibility index (Phi) is 9.41. The number of carbonyl (C=O) groups is 2. The summed E-state index contributed by atoms with van der Waals surface area (Å²) in [6.45, 7) is 0.952. The number of unbranched alkanes of at least 4 members (excludes halogenated alkanes) is 1. The number of ether oxygens (including phenoxy) is 1. The van der Waals surface area contributed by atoms with Crippen molar-refractivity contribution < 1.29 is 14.3 Å². The van der Waals surface area contributed by atoms with Crippen LogP contribution < -0.4 is 49.7 Å². The van der Waals surface area contributed by atoms with Crippen molar-refractivity contribution >= 4 is 46.3 Å². The third-order valence-electron chi connectivity index (χ3n) is 5.93. The van der Waals surface area contributed by atoms with Crippen LogP contribution in [0.4, 0.5) is 17.5 Å². The molecule has 0 aliphatic heterocycles. The van der Waals surface area contributed by atoms with Gasteiger partial charge in [0.1, 0.15) is 12.4 Å². The average Bonchev–Trinajstić information content (AvgIpc) is 2.98. The van der Waals surface area contributed by atoms with Crippen LogP contribution in [0, 0.1) is 0 Å². The lowest BCUT2D eigenvalue weighted by Gasteiger charge is -2.11. The molecule has 2 aromatic carbocycles. The van der Waals surface area contributed by atoms with Crippen LogP contribution in [0.15, 0.2) is 53.8 Å². The van der Waals surface area contributed by atoms with Crippen molar-refractivity contribution in [2.75, 3.05) is 30.3 Å². The van der Waals surface area contributed by atoms with E-state index in [4.69, 9.17) is 33.5 Å². The summed E-state index contributed by atoms with van der Waals surface area (Å²) in [5.74, 6) is 5.36. The second-order valence-electron chi connectivity index (χ2n) is 8.96. The van der Waals surface area contributed by atoms with Gasteiger partial charge in [0.05, 0.1) is 17.5 Å². The van der Waals surface area contributed by atoms with Crippen LogP contribution in [-0.4, -0.2) is 50.7 Å². The van der Waals surface area contributed by atoms with E-state index in [1.807, 2.05) is 0 Å². The second-order valence-corrected chi connectivity index (χ2v) is 8.96. The first-order valence-electron chi connectivity index (χ1n) is 12.8. The normalized spacial score (nSPS) is 11.2. The summed E-state index contributed by atoms with van der Waals surface area (Å²) >= 11 is 0. The van der Waals surface area contributed by atoms with Crippen molar-refractivity contribution in [3.05, 3.63) is 71.0 Å². The number of anilines is 3. The maximum absolute atomic E-state index is 12.6. The summed E-state index contributed by atoms with van der Waals surface area (Å²) in [5, 5.41) is 9.39. The fourth-order valence-electron chi connectivity index (χ4n) is 3.86. The third-order valence-corrected chi connectivity index (χ3v) is 5.93. The van der Waals surface area contributed by atoms with E-state index in [1.54, 1.807) is 42.5 Å². The molecule has 16 nitrogen and oxygen atoms in total. The van der Waals surface area contributed by atoms with Crippen molar-refractivity contribution in [3.8, 4) is 5.75 Å². The van der Waals surface area contributed by atoms with E-state index in [0.717, 1.165) is 0 Å². The molecule has 2 amide bonds. The van der Waals surface area contributed by atoms with E-state index in [-0.39, 0.29) is 36.0 Å². The smallest absolute Gasteiger partial charge is 0.252 e. The Morgan fingerprint density at radius 3 is 2.31 bits per heavy atom. The Morgan fingerprint density at radius 2 is 1.60 bits per heavy atom. The molecule has 0 radical (unpaired) electrons. The van der Waals surface area contributed by atoms with E-state index >= 15 is 0 Å². The number of amidine groups is 1. The number of carbonyl (C=O) groups excluding carboxylic acids is 2. The first-order valence-corrected chi connectivity index (χ1v) is 12.8. The standard InChI is InChI=1S/C26H31N13O3/c27-15-5-8-18(19(11-15)21(28)38-39-31)25(41)33-10-2-1-9-32-24(40)14-3-6-17(7-4-14)42-13-16-12-34-23-20(35-16)22(29)36-26(30)37-23/h3-8,11-12,39H,1-2,9-10,13,27,31H2,(H2,28,38)(H,32,40)(H,33,41)(H4,29,30,34,36,37). The molecule has 218 valence electrons. The van der Waals surface area contributed by atoms with Crippen LogP contribution in [-0.2, 0) is 6.61 Å². The molecule has 0 atom stereocenters. The van der Waals surface area contributed by atoms with Gasteiger partial charge in [-0.05, 0) is 55.3 Å². The first kappa shape index (κ1) is 29.2. The molecule has 42 heavy (non-hydrogen) atoms. The molecule has 0 fully saturated rings. The SMILES string of the molecule is NN/N=C(\N)c1cc(N)ccc1C(=O)NCCCCNC(=O)c1ccc(OCc2cnc3nc(N)nc(N)c3n2)cc1. The Balaban J connectivity index is 1.19. The summed E-state index contributed by atoms with van der Waals surface area (Å²) in [5.41, 5.74) is 27.9. The Hall–Kier alpha value is -5.77. The third kappa shape index (κ3) is 7.45. The van der Waals surface area contributed by atoms with Gasteiger partial charge in [-0.2, -0.15) is 9.97 Å². The fraction of sp³-hybridized carbons (Fsp3) is 0.192. The van der Waals surface area contributed by atoms with E-state index < -0.39 is 0 Å². The van der Waals surface area contributed by atoms with E-state index in [0.29, 0.717) is 70.9 Å². The molecule has 0 aliphatic carbocycles. The lowest BCUT2D eigenvalue weighted by atomic mass is 10.0. The van der Waals surface area contributed by atoms with Crippen molar-refractivity contribution in [3.63, 3.8) is 0 Å². The zero-order valence-corrected chi connectivity index (χ0v) is 22.5. The summed E-state index contributed by atoms with van der Waals surface area (Å²) in [6, 6.07) is 11.4. The zero-order valence-electron chi connectivity index (χ0n) is 22.5. The second kappa shape index (κ2) is 13.5. The number of rotatable bonds is 12. The molecule has 2 heterocycles. The van der Waals surface area contributed by atoms with Gasteiger partial charge in [-0.1, -0.05) is 0 Å². The van der Waals surface area contributed by atoms with Gasteiger partial charge in [0.2, 0.25) is 5.95 Å². The summed E-state index contributed by atoms with van der Waals surface area (Å²) < 4.78 is 5.75. The van der Waals surface area contributed by atoms with Crippen molar-refractivity contribution in [2.45, 2.75) is 19.4 Å². The topological polar surface area (TPSA) is 273 Å². The van der Waals surface area contributed by atoms with Crippen LogP contribution in [0.1, 0.15) is 44.8 Å². The Labute approximate surface area is 240 Å². The maximum atomic E-state index is 12.6. The number of nitrogen functional groups attached to an aromatic ring is 3. The van der Waals surface area contributed by atoms with Gasteiger partial charge in [0.15, 0.2) is 22.8 Å². The largest absolute Gasteiger partial charge is 0.487 e. The molecule has 0 unspecified atom stereocenters. The maximum Gasteiger partial charge on any atom is 0.252 e. The molecular formula is C26H31N13O3. The van der Waals surface area contributed by atoms with Gasteiger partial charge in [-0.25, -0.2) is 21.3 Å². The van der Waals surface area contributed by atoms with Gasteiger partial charge < -0.3 is 38.3 Å². The molecule has 13 N–H and O–H groups in total. The molecule has 4 rings (SSSR count). The highest BCUT2D eigenvalue weighted by Gasteiger charge is 2.14. The number of nitrogens with two attached hydrogens (primary N) is 5. The zero-order chi connectivity index (χ0) is 30.1. The number of aromatic nitrogens is 4. The lowest BCUT2D eigenvalue weighted by molar-refractivity contribution is 0.0939. The van der Waals surface area contributed by atoms with Gasteiger partial charge in [-0.15, -0.1) is 5.10 Å². The predicted molar refractivity (Wildman–Crippen MR) is 158 cm³/mol. The van der Waals surface area contributed by atoms with E-state index in [2.05, 4.69) is 41.2 Å². The van der Waals surface area contributed by atoms with Crippen molar-refractivity contribution in [1.29, 1.82) is 0 Å². The number of hydrazone groups is 1. The number of benzene rings is 2. The lowest BCUT2D eigenvalue weighted by Crippen LogP contribution is -2.30.